The molecule has 2 unspecified atom stereocenters. The number of carbonyl (C=O) groups is 1. The van der Waals surface area contributed by atoms with Crippen LogP contribution in [-0.4, -0.2) is 28.2 Å². The zero-order valence-corrected chi connectivity index (χ0v) is 11.8. The highest BCUT2D eigenvalue weighted by Gasteiger charge is 2.11. The summed E-state index contributed by atoms with van der Waals surface area (Å²) in [4.78, 5) is 11.6. The van der Waals surface area contributed by atoms with E-state index in [2.05, 4.69) is 5.32 Å². The zero-order chi connectivity index (χ0) is 13.5. The minimum Gasteiger partial charge on any atom is -0.330 e. The molecule has 0 heterocycles. The molecule has 4 nitrogen and oxygen atoms in total. The third-order valence-electron chi connectivity index (χ3n) is 2.29. The Morgan fingerprint density at radius 3 is 2.61 bits per heavy atom. The second-order valence-electron chi connectivity index (χ2n) is 4.15. The monoisotopic (exact) mass is 288 g/mol. The fourth-order valence-corrected chi connectivity index (χ4v) is 2.70. The number of benzene rings is 1. The second kappa shape index (κ2) is 7.51. The first-order valence-electron chi connectivity index (χ1n) is 5.61. The van der Waals surface area contributed by atoms with Crippen molar-refractivity contribution in [2.45, 2.75) is 6.92 Å². The topological polar surface area (TPSA) is 72.2 Å². The molecule has 0 saturated carbocycles. The van der Waals surface area contributed by atoms with Crippen molar-refractivity contribution < 1.29 is 9.00 Å². The Labute approximate surface area is 114 Å². The van der Waals surface area contributed by atoms with Crippen LogP contribution >= 0.6 is 11.6 Å². The molecule has 0 aliphatic rings. The molecule has 1 aromatic carbocycles. The highest BCUT2D eigenvalue weighted by Crippen LogP contribution is 2.13. The van der Waals surface area contributed by atoms with Crippen molar-refractivity contribution in [3.63, 3.8) is 0 Å². The van der Waals surface area contributed by atoms with Crippen LogP contribution in [0.5, 0.6) is 0 Å². The number of amides is 1. The molecule has 0 radical (unpaired) electrons. The molecule has 2 atom stereocenters. The van der Waals surface area contributed by atoms with E-state index in [-0.39, 0.29) is 17.6 Å². The van der Waals surface area contributed by atoms with Crippen LogP contribution in [0.1, 0.15) is 6.92 Å². The average Bonchev–Trinajstić information content (AvgIpc) is 2.31. The molecule has 0 spiro atoms. The first-order valence-corrected chi connectivity index (χ1v) is 7.48. The largest absolute Gasteiger partial charge is 0.330 e. The number of hydrogen-bond donors (Lipinski definition) is 2. The van der Waals surface area contributed by atoms with Crippen molar-refractivity contribution >= 4 is 34.0 Å². The van der Waals surface area contributed by atoms with Gasteiger partial charge in [-0.1, -0.05) is 18.5 Å². The van der Waals surface area contributed by atoms with Gasteiger partial charge in [-0.2, -0.15) is 0 Å². The maximum atomic E-state index is 11.6. The van der Waals surface area contributed by atoms with Gasteiger partial charge in [0.15, 0.2) is 0 Å². The highest BCUT2D eigenvalue weighted by molar-refractivity contribution is 7.85. The smallest absolute Gasteiger partial charge is 0.236 e. The van der Waals surface area contributed by atoms with E-state index < -0.39 is 10.8 Å². The van der Waals surface area contributed by atoms with Gasteiger partial charge in [-0.25, -0.2) is 0 Å². The minimum atomic E-state index is -1.18. The first kappa shape index (κ1) is 15.1. The van der Waals surface area contributed by atoms with Gasteiger partial charge in [0.05, 0.1) is 0 Å². The fourth-order valence-electron chi connectivity index (χ4n) is 1.32. The van der Waals surface area contributed by atoms with Crippen LogP contribution < -0.4 is 11.1 Å². The second-order valence-corrected chi connectivity index (χ2v) is 6.08. The van der Waals surface area contributed by atoms with Gasteiger partial charge in [-0.05, 0) is 36.7 Å². The number of anilines is 1. The lowest BCUT2D eigenvalue weighted by Gasteiger charge is -2.08. The molecule has 0 aromatic heterocycles. The van der Waals surface area contributed by atoms with Crippen molar-refractivity contribution in [3.8, 4) is 0 Å². The van der Waals surface area contributed by atoms with E-state index in [1.807, 2.05) is 6.92 Å². The molecule has 1 rings (SSSR count). The van der Waals surface area contributed by atoms with Crippen LogP contribution in [0, 0.1) is 5.92 Å². The van der Waals surface area contributed by atoms with Gasteiger partial charge in [0.1, 0.15) is 5.75 Å². The molecule has 3 N–H and O–H groups in total. The van der Waals surface area contributed by atoms with Crippen LogP contribution in [0.3, 0.4) is 0 Å². The van der Waals surface area contributed by atoms with Crippen molar-refractivity contribution in [1.29, 1.82) is 0 Å². The van der Waals surface area contributed by atoms with Crippen LogP contribution in [0.25, 0.3) is 0 Å². The van der Waals surface area contributed by atoms with Crippen molar-refractivity contribution in [2.24, 2.45) is 11.7 Å². The first-order chi connectivity index (χ1) is 8.51. The zero-order valence-electron chi connectivity index (χ0n) is 10.2. The summed E-state index contributed by atoms with van der Waals surface area (Å²) in [6.07, 6.45) is 0. The van der Waals surface area contributed by atoms with Gasteiger partial charge >= 0.3 is 0 Å². The fraction of sp³-hybridized carbons (Fsp3) is 0.417. The molecule has 0 bridgehead atoms. The van der Waals surface area contributed by atoms with Crippen LogP contribution in [0.2, 0.25) is 5.02 Å². The summed E-state index contributed by atoms with van der Waals surface area (Å²) >= 11 is 5.73. The van der Waals surface area contributed by atoms with E-state index in [9.17, 15) is 9.00 Å². The summed E-state index contributed by atoms with van der Waals surface area (Å²) in [6.45, 7) is 2.39. The molecular formula is C12H17ClN2O2S. The van der Waals surface area contributed by atoms with Crippen molar-refractivity contribution in [2.75, 3.05) is 23.4 Å². The number of hydrogen-bond acceptors (Lipinski definition) is 3. The van der Waals surface area contributed by atoms with Crippen molar-refractivity contribution in [1.82, 2.24) is 0 Å². The predicted octanol–water partition coefficient (Wildman–Crippen LogP) is 1.62. The molecule has 1 amide bonds. The van der Waals surface area contributed by atoms with E-state index in [1.165, 1.54) is 0 Å². The molecule has 1 aromatic rings. The molecule has 100 valence electrons. The van der Waals surface area contributed by atoms with Gasteiger partial charge in [-0.15, -0.1) is 0 Å². The summed E-state index contributed by atoms with van der Waals surface area (Å²) in [7, 11) is -1.18. The molecular weight excluding hydrogens is 272 g/mol. The van der Waals surface area contributed by atoms with Crippen LogP contribution in [0.15, 0.2) is 24.3 Å². The third kappa shape index (κ3) is 5.62. The number of nitrogens with two attached hydrogens (primary N) is 1. The summed E-state index contributed by atoms with van der Waals surface area (Å²) in [5.74, 6) is 0.339. The van der Waals surface area contributed by atoms with Gasteiger partial charge < -0.3 is 11.1 Å². The summed E-state index contributed by atoms with van der Waals surface area (Å²) in [5.41, 5.74) is 6.09. The maximum absolute atomic E-state index is 11.6. The summed E-state index contributed by atoms with van der Waals surface area (Å²) in [5, 5.41) is 3.27. The Morgan fingerprint density at radius 2 is 2.06 bits per heavy atom. The van der Waals surface area contributed by atoms with Gasteiger partial charge in [0, 0.05) is 27.3 Å². The number of nitrogens with one attached hydrogen (secondary N) is 1. The predicted molar refractivity (Wildman–Crippen MR) is 76.2 cm³/mol. The number of halogens is 1. The quantitative estimate of drug-likeness (QED) is 0.835. The molecule has 6 heteroatoms. The van der Waals surface area contributed by atoms with Gasteiger partial charge in [0.2, 0.25) is 5.91 Å². The lowest BCUT2D eigenvalue weighted by atomic mass is 10.2. The van der Waals surface area contributed by atoms with E-state index >= 15 is 0 Å². The average molecular weight is 289 g/mol. The Bertz CT molecular complexity index is 423. The van der Waals surface area contributed by atoms with E-state index in [0.717, 1.165) is 0 Å². The molecule has 0 saturated heterocycles. The standard InChI is InChI=1S/C12H17ClN2O2S/c1-9(6-14)7-18(17)8-12(16)15-11-4-2-10(13)3-5-11/h2-5,9H,6-8,14H2,1H3,(H,15,16). The van der Waals surface area contributed by atoms with Gasteiger partial charge in [0.25, 0.3) is 0 Å². The number of carbonyl (C=O) groups excluding carboxylic acids is 1. The minimum absolute atomic E-state index is 0.00698. The Balaban J connectivity index is 2.42. The van der Waals surface area contributed by atoms with E-state index in [1.54, 1.807) is 24.3 Å². The normalized spacial score (nSPS) is 13.9. The molecule has 18 heavy (non-hydrogen) atoms. The summed E-state index contributed by atoms with van der Waals surface area (Å²) < 4.78 is 11.6. The van der Waals surface area contributed by atoms with Crippen LogP contribution in [-0.2, 0) is 15.6 Å². The Hall–Kier alpha value is -0.910. The lowest BCUT2D eigenvalue weighted by Crippen LogP contribution is -2.25. The lowest BCUT2D eigenvalue weighted by molar-refractivity contribution is -0.113. The van der Waals surface area contributed by atoms with E-state index in [4.69, 9.17) is 17.3 Å². The molecule has 0 fully saturated rings. The van der Waals surface area contributed by atoms with Crippen molar-refractivity contribution in [3.05, 3.63) is 29.3 Å². The SMILES string of the molecule is CC(CN)CS(=O)CC(=O)Nc1ccc(Cl)cc1. The number of rotatable bonds is 6. The van der Waals surface area contributed by atoms with Gasteiger partial charge in [-0.3, -0.25) is 9.00 Å². The summed E-state index contributed by atoms with van der Waals surface area (Å²) in [6, 6.07) is 6.77. The molecule has 0 aliphatic carbocycles. The molecule has 0 aliphatic heterocycles. The highest BCUT2D eigenvalue weighted by atomic mass is 35.5. The maximum Gasteiger partial charge on any atom is 0.236 e. The third-order valence-corrected chi connectivity index (χ3v) is 4.07. The van der Waals surface area contributed by atoms with E-state index in [0.29, 0.717) is 23.0 Å². The Kier molecular flexibility index (Phi) is 6.32. The Morgan fingerprint density at radius 1 is 1.44 bits per heavy atom. The van der Waals surface area contributed by atoms with Crippen LogP contribution in [0.4, 0.5) is 5.69 Å².